The van der Waals surface area contributed by atoms with Gasteiger partial charge in [0, 0.05) is 4.88 Å². The van der Waals surface area contributed by atoms with E-state index in [1.54, 1.807) is 31.2 Å². The van der Waals surface area contributed by atoms with Crippen LogP contribution in [0.3, 0.4) is 0 Å². The van der Waals surface area contributed by atoms with Crippen molar-refractivity contribution in [1.82, 2.24) is 10.2 Å². The zero-order valence-electron chi connectivity index (χ0n) is 14.9. The minimum Gasteiger partial charge on any atom is -0.486 e. The van der Waals surface area contributed by atoms with E-state index >= 15 is 0 Å². The highest BCUT2D eigenvalue weighted by atomic mass is 32.1. The lowest BCUT2D eigenvalue weighted by atomic mass is 9.91. The summed E-state index contributed by atoms with van der Waals surface area (Å²) in [5.41, 5.74) is -0.689. The Kier molecular flexibility index (Phi) is 4.15. The van der Waals surface area contributed by atoms with Gasteiger partial charge in [-0.3, -0.25) is 14.5 Å². The Balaban J connectivity index is 1.59. The van der Waals surface area contributed by atoms with Crippen molar-refractivity contribution in [2.75, 3.05) is 19.8 Å². The van der Waals surface area contributed by atoms with E-state index in [4.69, 9.17) is 9.47 Å². The van der Waals surface area contributed by atoms with Gasteiger partial charge in [0.05, 0.1) is 11.4 Å². The van der Waals surface area contributed by atoms with Gasteiger partial charge in [0.15, 0.2) is 17.3 Å². The second-order valence-corrected chi connectivity index (χ2v) is 7.93. The fraction of sp³-hybridized carbons (Fsp3) is 0.316. The zero-order valence-corrected chi connectivity index (χ0v) is 15.7. The van der Waals surface area contributed by atoms with E-state index in [0.29, 0.717) is 35.2 Å². The summed E-state index contributed by atoms with van der Waals surface area (Å²) in [5.74, 6) is 0.407. The van der Waals surface area contributed by atoms with E-state index in [-0.39, 0.29) is 12.3 Å². The number of hydrogen-bond acceptors (Lipinski definition) is 6. The molecule has 4 rings (SSSR count). The number of imide groups is 1. The van der Waals surface area contributed by atoms with Crippen molar-refractivity contribution in [2.24, 2.45) is 0 Å². The predicted molar refractivity (Wildman–Crippen MR) is 98.4 cm³/mol. The SMILES string of the molecule is Cc1ccc(C(=O)CN2C(=O)N[C@](C)(c3ccc4c(c3)OCCO4)C2=O)s1. The van der Waals surface area contributed by atoms with Crippen LogP contribution in [0.5, 0.6) is 11.5 Å². The second kappa shape index (κ2) is 6.38. The van der Waals surface area contributed by atoms with Crippen molar-refractivity contribution >= 4 is 29.1 Å². The van der Waals surface area contributed by atoms with Gasteiger partial charge in [0.1, 0.15) is 18.8 Å². The number of thiophene rings is 1. The number of aryl methyl sites for hydroxylation is 1. The highest BCUT2D eigenvalue weighted by molar-refractivity contribution is 7.14. The molecule has 1 saturated heterocycles. The predicted octanol–water partition coefficient (Wildman–Crippen LogP) is 2.48. The normalized spacial score (nSPS) is 21.3. The molecule has 8 heteroatoms. The first kappa shape index (κ1) is 17.5. The molecule has 7 nitrogen and oxygen atoms in total. The Morgan fingerprint density at radius 3 is 2.63 bits per heavy atom. The number of benzene rings is 1. The molecule has 1 aromatic heterocycles. The number of rotatable bonds is 4. The Labute approximate surface area is 159 Å². The van der Waals surface area contributed by atoms with Gasteiger partial charge < -0.3 is 14.8 Å². The lowest BCUT2D eigenvalue weighted by molar-refractivity contribution is -0.130. The third kappa shape index (κ3) is 2.95. The molecule has 2 aliphatic heterocycles. The van der Waals surface area contributed by atoms with Crippen molar-refractivity contribution in [3.63, 3.8) is 0 Å². The molecule has 0 bridgehead atoms. The molecule has 1 fully saturated rings. The third-order valence-corrected chi connectivity index (χ3v) is 5.75. The largest absolute Gasteiger partial charge is 0.486 e. The highest BCUT2D eigenvalue weighted by Crippen LogP contribution is 2.37. The number of hydrogen-bond donors (Lipinski definition) is 1. The van der Waals surface area contributed by atoms with E-state index < -0.39 is 17.5 Å². The maximum absolute atomic E-state index is 13.0. The lowest BCUT2D eigenvalue weighted by Crippen LogP contribution is -2.41. The van der Waals surface area contributed by atoms with Gasteiger partial charge in [-0.1, -0.05) is 6.07 Å². The standard InChI is InChI=1S/C19H18N2O5S/c1-11-3-6-16(27-11)13(22)10-21-17(23)19(2,20-18(21)24)12-4-5-14-15(9-12)26-8-7-25-14/h3-6,9H,7-8,10H2,1-2H3,(H,20,24)/t19-/m1/s1. The van der Waals surface area contributed by atoms with Crippen molar-refractivity contribution in [1.29, 1.82) is 0 Å². The van der Waals surface area contributed by atoms with Crippen LogP contribution in [0.1, 0.15) is 27.0 Å². The van der Waals surface area contributed by atoms with Gasteiger partial charge in [-0.2, -0.15) is 0 Å². The van der Waals surface area contributed by atoms with Gasteiger partial charge in [0.25, 0.3) is 5.91 Å². The Bertz CT molecular complexity index is 953. The maximum atomic E-state index is 13.0. The van der Waals surface area contributed by atoms with Crippen molar-refractivity contribution in [3.8, 4) is 11.5 Å². The number of amides is 3. The van der Waals surface area contributed by atoms with E-state index in [0.717, 1.165) is 9.78 Å². The minimum absolute atomic E-state index is 0.261. The van der Waals surface area contributed by atoms with Crippen LogP contribution in [0.15, 0.2) is 30.3 Å². The van der Waals surface area contributed by atoms with E-state index in [9.17, 15) is 14.4 Å². The van der Waals surface area contributed by atoms with Crippen LogP contribution in [0.4, 0.5) is 4.79 Å². The second-order valence-electron chi connectivity index (χ2n) is 6.64. The van der Waals surface area contributed by atoms with Crippen LogP contribution in [0.2, 0.25) is 0 Å². The first-order valence-electron chi connectivity index (χ1n) is 8.52. The molecular formula is C19H18N2O5S. The minimum atomic E-state index is -1.27. The first-order valence-corrected chi connectivity index (χ1v) is 9.34. The average molecular weight is 386 g/mol. The van der Waals surface area contributed by atoms with Crippen molar-refractivity contribution < 1.29 is 23.9 Å². The summed E-state index contributed by atoms with van der Waals surface area (Å²) in [4.78, 5) is 40.4. The average Bonchev–Trinajstić information content (AvgIpc) is 3.19. The molecule has 3 amide bonds. The summed E-state index contributed by atoms with van der Waals surface area (Å²) in [6, 6.07) is 8.10. The van der Waals surface area contributed by atoms with Crippen LogP contribution in [0.25, 0.3) is 0 Å². The Hall–Kier alpha value is -2.87. The summed E-state index contributed by atoms with van der Waals surface area (Å²) in [6.07, 6.45) is 0. The van der Waals surface area contributed by atoms with E-state index in [2.05, 4.69) is 5.32 Å². The molecule has 1 aromatic carbocycles. The summed E-state index contributed by atoms with van der Waals surface area (Å²) in [7, 11) is 0. The lowest BCUT2D eigenvalue weighted by Gasteiger charge is -2.25. The maximum Gasteiger partial charge on any atom is 0.325 e. The van der Waals surface area contributed by atoms with Crippen LogP contribution in [-0.4, -0.2) is 42.4 Å². The summed E-state index contributed by atoms with van der Waals surface area (Å²) in [5, 5.41) is 2.71. The molecule has 140 valence electrons. The smallest absolute Gasteiger partial charge is 0.325 e. The molecule has 2 aliphatic rings. The quantitative estimate of drug-likeness (QED) is 0.645. The molecule has 1 N–H and O–H groups in total. The number of ether oxygens (including phenoxy) is 2. The zero-order chi connectivity index (χ0) is 19.2. The fourth-order valence-corrected chi connectivity index (χ4v) is 3.99. The number of nitrogens with one attached hydrogen (secondary N) is 1. The molecule has 0 radical (unpaired) electrons. The Morgan fingerprint density at radius 1 is 1.19 bits per heavy atom. The highest BCUT2D eigenvalue weighted by Gasteiger charge is 2.49. The number of carbonyl (C=O) groups is 3. The summed E-state index contributed by atoms with van der Waals surface area (Å²) in [6.45, 7) is 4.13. The number of fused-ring (bicyclic) bond motifs is 1. The molecule has 0 unspecified atom stereocenters. The molecule has 1 atom stereocenters. The van der Waals surface area contributed by atoms with Crippen LogP contribution in [0, 0.1) is 6.92 Å². The van der Waals surface area contributed by atoms with E-state index in [1.165, 1.54) is 11.3 Å². The monoisotopic (exact) mass is 386 g/mol. The fourth-order valence-electron chi connectivity index (χ4n) is 3.20. The number of nitrogens with zero attached hydrogens (tertiary/aromatic N) is 1. The van der Waals surface area contributed by atoms with Crippen molar-refractivity contribution in [3.05, 3.63) is 45.6 Å². The van der Waals surface area contributed by atoms with Gasteiger partial charge in [0.2, 0.25) is 0 Å². The first-order chi connectivity index (χ1) is 12.9. The molecule has 0 aliphatic carbocycles. The van der Waals surface area contributed by atoms with E-state index in [1.807, 2.05) is 13.0 Å². The molecule has 27 heavy (non-hydrogen) atoms. The third-order valence-electron chi connectivity index (χ3n) is 4.71. The molecule has 2 aromatic rings. The van der Waals surface area contributed by atoms with Gasteiger partial charge in [-0.25, -0.2) is 4.79 Å². The van der Waals surface area contributed by atoms with Crippen LogP contribution in [-0.2, 0) is 10.3 Å². The molecule has 0 saturated carbocycles. The molecule has 3 heterocycles. The van der Waals surface area contributed by atoms with Gasteiger partial charge in [-0.05, 0) is 43.7 Å². The van der Waals surface area contributed by atoms with Gasteiger partial charge in [-0.15, -0.1) is 11.3 Å². The topological polar surface area (TPSA) is 84.9 Å². The molecular weight excluding hydrogens is 368 g/mol. The summed E-state index contributed by atoms with van der Waals surface area (Å²) < 4.78 is 11.1. The Morgan fingerprint density at radius 2 is 1.93 bits per heavy atom. The molecule has 0 spiro atoms. The number of urea groups is 1. The summed E-state index contributed by atoms with van der Waals surface area (Å²) >= 11 is 1.34. The number of ketones is 1. The van der Waals surface area contributed by atoms with Crippen LogP contribution < -0.4 is 14.8 Å². The van der Waals surface area contributed by atoms with Gasteiger partial charge >= 0.3 is 6.03 Å². The number of Topliss-reactive ketones (excluding diaryl/α,β-unsaturated/α-hetero) is 1. The number of carbonyl (C=O) groups excluding carboxylic acids is 3. The van der Waals surface area contributed by atoms with Crippen molar-refractivity contribution in [2.45, 2.75) is 19.4 Å². The van der Waals surface area contributed by atoms with Crippen LogP contribution >= 0.6 is 11.3 Å².